The van der Waals surface area contributed by atoms with E-state index >= 15 is 0 Å². The Morgan fingerprint density at radius 3 is 2.23 bits per heavy atom. The lowest BCUT2D eigenvalue weighted by molar-refractivity contribution is 0.0941. The Balaban J connectivity index is 1.64. The van der Waals surface area contributed by atoms with Gasteiger partial charge in [-0.3, -0.25) is 4.79 Å². The Bertz CT molecular complexity index is 1190. The molecule has 4 aromatic rings. The molecular weight excluding hydrogens is 400 g/mol. The predicted molar refractivity (Wildman–Crippen MR) is 129 cm³/mol. The summed E-state index contributed by atoms with van der Waals surface area (Å²) in [5, 5.41) is 4.81. The van der Waals surface area contributed by atoms with Crippen molar-refractivity contribution in [2.24, 2.45) is 0 Å². The highest BCUT2D eigenvalue weighted by molar-refractivity contribution is 7.99. The zero-order chi connectivity index (χ0) is 21.8. The van der Waals surface area contributed by atoms with Crippen LogP contribution in [-0.2, 0) is 0 Å². The second-order valence-electron chi connectivity index (χ2n) is 7.96. The fourth-order valence-corrected chi connectivity index (χ4v) is 4.37. The maximum absolute atomic E-state index is 13.2. The highest BCUT2D eigenvalue weighted by atomic mass is 32.2. The van der Waals surface area contributed by atoms with Crippen molar-refractivity contribution in [3.05, 3.63) is 102 Å². The number of hydrogen-bond donors (Lipinski definition) is 1. The molecule has 1 atom stereocenters. The number of nitrogens with one attached hydrogen (secondary N) is 1. The average Bonchev–Trinajstić information content (AvgIpc) is 2.79. The van der Waals surface area contributed by atoms with Crippen LogP contribution < -0.4 is 5.32 Å². The van der Waals surface area contributed by atoms with Crippen LogP contribution in [0.5, 0.6) is 0 Å². The molecule has 156 valence electrons. The smallest absolute Gasteiger partial charge is 0.252 e. The normalized spacial score (nSPS) is 12.1. The molecule has 0 unspecified atom stereocenters. The molecule has 3 aromatic carbocycles. The lowest BCUT2D eigenvalue weighted by Crippen LogP contribution is -2.27. The van der Waals surface area contributed by atoms with E-state index in [2.05, 4.69) is 43.4 Å². The van der Waals surface area contributed by atoms with Gasteiger partial charge in [-0.25, -0.2) is 4.98 Å². The Morgan fingerprint density at radius 1 is 0.839 bits per heavy atom. The minimum Gasteiger partial charge on any atom is -0.345 e. The van der Waals surface area contributed by atoms with Crippen LogP contribution in [0.15, 0.2) is 94.9 Å². The number of carbonyl (C=O) groups is 1. The van der Waals surface area contributed by atoms with Gasteiger partial charge in [0.2, 0.25) is 0 Å². The van der Waals surface area contributed by atoms with Crippen LogP contribution in [0.1, 0.15) is 54.2 Å². The molecule has 0 bridgehead atoms. The quantitative estimate of drug-likeness (QED) is 0.361. The number of hydrogen-bond acceptors (Lipinski definition) is 3. The number of carbonyl (C=O) groups excluding carboxylic acids is 1. The van der Waals surface area contributed by atoms with Crippen molar-refractivity contribution in [2.45, 2.75) is 42.7 Å². The molecule has 1 aromatic heterocycles. The zero-order valence-corrected chi connectivity index (χ0v) is 18.8. The minimum absolute atomic E-state index is 0.0830. The number of benzene rings is 3. The molecule has 0 aliphatic rings. The largest absolute Gasteiger partial charge is 0.345 e. The summed E-state index contributed by atoms with van der Waals surface area (Å²) in [4.78, 5) is 19.1. The van der Waals surface area contributed by atoms with Gasteiger partial charge in [0.15, 0.2) is 0 Å². The van der Waals surface area contributed by atoms with Gasteiger partial charge in [0.05, 0.1) is 17.1 Å². The number of amides is 1. The van der Waals surface area contributed by atoms with Crippen LogP contribution in [0.3, 0.4) is 0 Å². The second-order valence-corrected chi connectivity index (χ2v) is 9.05. The molecule has 1 N–H and O–H groups in total. The van der Waals surface area contributed by atoms with Gasteiger partial charge in [0.1, 0.15) is 5.03 Å². The fourth-order valence-electron chi connectivity index (χ4n) is 3.53. The third-order valence-electron chi connectivity index (χ3n) is 5.35. The molecular formula is C27H26N2OS. The topological polar surface area (TPSA) is 42.0 Å². The molecule has 4 rings (SSSR count). The van der Waals surface area contributed by atoms with Crippen LogP contribution in [0.25, 0.3) is 10.9 Å². The highest BCUT2D eigenvalue weighted by Gasteiger charge is 2.16. The first-order chi connectivity index (χ1) is 15.0. The first-order valence-corrected chi connectivity index (χ1v) is 11.4. The monoisotopic (exact) mass is 426 g/mol. The molecule has 0 aliphatic heterocycles. The molecule has 1 heterocycles. The van der Waals surface area contributed by atoms with Gasteiger partial charge >= 0.3 is 0 Å². The van der Waals surface area contributed by atoms with Crippen molar-refractivity contribution in [1.82, 2.24) is 10.3 Å². The van der Waals surface area contributed by atoms with Crippen molar-refractivity contribution < 1.29 is 4.79 Å². The van der Waals surface area contributed by atoms with E-state index in [1.165, 1.54) is 5.56 Å². The number of nitrogens with zero attached hydrogens (tertiary/aromatic N) is 1. The number of para-hydroxylation sites is 1. The summed E-state index contributed by atoms with van der Waals surface area (Å²) in [7, 11) is 0. The molecule has 0 spiro atoms. The summed E-state index contributed by atoms with van der Waals surface area (Å²) in [5.74, 6) is 0.409. The molecule has 31 heavy (non-hydrogen) atoms. The Labute approximate surface area is 187 Å². The summed E-state index contributed by atoms with van der Waals surface area (Å²) >= 11 is 1.58. The van der Waals surface area contributed by atoms with Gasteiger partial charge < -0.3 is 5.32 Å². The molecule has 1 amide bonds. The molecule has 0 fully saturated rings. The summed E-state index contributed by atoms with van der Waals surface area (Å²) in [6, 6.07) is 28.2. The van der Waals surface area contributed by atoms with Crippen molar-refractivity contribution in [1.29, 1.82) is 0 Å². The maximum atomic E-state index is 13.2. The Morgan fingerprint density at radius 2 is 1.52 bits per heavy atom. The van der Waals surface area contributed by atoms with Crippen LogP contribution in [-0.4, -0.2) is 10.9 Å². The van der Waals surface area contributed by atoms with Crippen LogP contribution in [0.4, 0.5) is 0 Å². The maximum Gasteiger partial charge on any atom is 0.252 e. The number of rotatable bonds is 6. The lowest BCUT2D eigenvalue weighted by atomic mass is 10.0. The van der Waals surface area contributed by atoms with E-state index < -0.39 is 0 Å². The van der Waals surface area contributed by atoms with Crippen molar-refractivity contribution in [3.8, 4) is 0 Å². The zero-order valence-electron chi connectivity index (χ0n) is 18.0. The van der Waals surface area contributed by atoms with Crippen molar-refractivity contribution in [3.63, 3.8) is 0 Å². The molecule has 0 aliphatic carbocycles. The van der Waals surface area contributed by atoms with Gasteiger partial charge in [0, 0.05) is 10.3 Å². The van der Waals surface area contributed by atoms with Crippen molar-refractivity contribution in [2.75, 3.05) is 0 Å². The van der Waals surface area contributed by atoms with Gasteiger partial charge in [-0.15, -0.1) is 0 Å². The van der Waals surface area contributed by atoms with Gasteiger partial charge in [-0.05, 0) is 48.2 Å². The first kappa shape index (κ1) is 21.1. The second kappa shape index (κ2) is 9.36. The number of aromatic nitrogens is 1. The molecule has 0 radical (unpaired) electrons. The minimum atomic E-state index is -0.0908. The van der Waals surface area contributed by atoms with Crippen molar-refractivity contribution >= 4 is 28.6 Å². The highest BCUT2D eigenvalue weighted by Crippen LogP contribution is 2.31. The lowest BCUT2D eigenvalue weighted by Gasteiger charge is -2.16. The van der Waals surface area contributed by atoms with Crippen LogP contribution >= 0.6 is 11.8 Å². The van der Waals surface area contributed by atoms with Gasteiger partial charge in [-0.2, -0.15) is 0 Å². The molecule has 4 heteroatoms. The summed E-state index contributed by atoms with van der Waals surface area (Å²) in [6.45, 7) is 6.38. The van der Waals surface area contributed by atoms with E-state index in [1.807, 2.05) is 67.6 Å². The number of pyridine rings is 1. The Hall–Kier alpha value is -3.11. The molecule has 0 saturated carbocycles. The van der Waals surface area contributed by atoms with E-state index in [4.69, 9.17) is 4.98 Å². The van der Waals surface area contributed by atoms with Gasteiger partial charge in [0.25, 0.3) is 5.91 Å². The van der Waals surface area contributed by atoms with E-state index in [-0.39, 0.29) is 11.9 Å². The standard InChI is InChI=1S/C27H26N2OS/c1-18(2)20-13-15-22(16-14-20)31-26-17-24(23-11-7-8-12-25(23)29-26)27(30)28-19(3)21-9-5-4-6-10-21/h4-19H,1-3H3,(H,28,30)/t19-/m1/s1. The van der Waals surface area contributed by atoms with E-state index in [0.717, 1.165) is 26.4 Å². The van der Waals surface area contributed by atoms with Crippen LogP contribution in [0.2, 0.25) is 0 Å². The first-order valence-electron chi connectivity index (χ1n) is 10.5. The molecule has 0 saturated heterocycles. The van der Waals surface area contributed by atoms with E-state index in [1.54, 1.807) is 11.8 Å². The average molecular weight is 427 g/mol. The SMILES string of the molecule is CC(C)c1ccc(Sc2cc(C(=O)N[C@H](C)c3ccccc3)c3ccccc3n2)cc1. The van der Waals surface area contributed by atoms with Crippen LogP contribution in [0, 0.1) is 0 Å². The molecule has 3 nitrogen and oxygen atoms in total. The van der Waals surface area contributed by atoms with E-state index in [0.29, 0.717) is 11.5 Å². The Kier molecular flexibility index (Phi) is 6.38. The number of fused-ring (bicyclic) bond motifs is 1. The summed E-state index contributed by atoms with van der Waals surface area (Å²) in [5.41, 5.74) is 3.86. The fraction of sp³-hybridized carbons (Fsp3) is 0.185. The third kappa shape index (κ3) is 4.97. The van der Waals surface area contributed by atoms with Gasteiger partial charge in [-0.1, -0.05) is 86.3 Å². The summed E-state index contributed by atoms with van der Waals surface area (Å²) < 4.78 is 0. The predicted octanol–water partition coefficient (Wildman–Crippen LogP) is 7.00. The summed E-state index contributed by atoms with van der Waals surface area (Å²) in [6.07, 6.45) is 0. The third-order valence-corrected chi connectivity index (χ3v) is 6.28. The van der Waals surface area contributed by atoms with E-state index in [9.17, 15) is 4.79 Å².